The molecule has 0 atom stereocenters. The summed E-state index contributed by atoms with van der Waals surface area (Å²) in [6.45, 7) is 5.87. The smallest absolute Gasteiger partial charge is 0.199 e. The molecule has 2 aromatic rings. The minimum atomic E-state index is -0.225. The second-order valence-electron chi connectivity index (χ2n) is 8.59. The van der Waals surface area contributed by atoms with E-state index in [-0.39, 0.29) is 28.3 Å². The summed E-state index contributed by atoms with van der Waals surface area (Å²) in [7, 11) is 0. The molecule has 0 fully saturated rings. The summed E-state index contributed by atoms with van der Waals surface area (Å²) < 4.78 is 0. The maximum atomic E-state index is 12.8. The van der Waals surface area contributed by atoms with Gasteiger partial charge in [0.25, 0.3) is 0 Å². The predicted octanol–water partition coefficient (Wildman–Crippen LogP) is 5.63. The first-order valence-electron chi connectivity index (χ1n) is 9.98. The van der Waals surface area contributed by atoms with Crippen LogP contribution in [0.25, 0.3) is 5.76 Å². The summed E-state index contributed by atoms with van der Waals surface area (Å²) in [5, 5.41) is 13.9. The molecule has 5 nitrogen and oxygen atoms in total. The van der Waals surface area contributed by atoms with Crippen molar-refractivity contribution in [1.29, 1.82) is 0 Å². The molecule has 152 valence electrons. The minimum absolute atomic E-state index is 0.0374. The molecule has 0 aromatic heterocycles. The van der Waals surface area contributed by atoms with Gasteiger partial charge >= 0.3 is 0 Å². The summed E-state index contributed by atoms with van der Waals surface area (Å²) in [4.78, 5) is 29.5. The number of carbonyl (C=O) groups excluding carboxylic acids is 2. The van der Waals surface area contributed by atoms with Crippen LogP contribution < -0.4 is 5.32 Å². The molecule has 0 amide bonds. The number of fused-ring (bicyclic) bond motifs is 1. The molecule has 0 heterocycles. The average Bonchev–Trinajstić information content (AvgIpc) is 2.93. The number of hydrogen-bond donors (Lipinski definition) is 2. The van der Waals surface area contributed by atoms with Gasteiger partial charge in [-0.05, 0) is 30.9 Å². The molecular formula is C25H24N2O3. The fourth-order valence-corrected chi connectivity index (χ4v) is 4.11. The van der Waals surface area contributed by atoms with Crippen molar-refractivity contribution in [3.05, 3.63) is 77.0 Å². The van der Waals surface area contributed by atoms with Gasteiger partial charge in [0.1, 0.15) is 5.76 Å². The number of allylic oxidation sites excluding steroid dienone is 3. The highest BCUT2D eigenvalue weighted by Crippen LogP contribution is 2.37. The number of aliphatic hydroxyl groups is 1. The van der Waals surface area contributed by atoms with Crippen molar-refractivity contribution >= 4 is 34.4 Å². The Morgan fingerprint density at radius 2 is 1.67 bits per heavy atom. The Morgan fingerprint density at radius 1 is 1.00 bits per heavy atom. The van der Waals surface area contributed by atoms with Gasteiger partial charge in [-0.3, -0.25) is 14.6 Å². The lowest BCUT2D eigenvalue weighted by Gasteiger charge is -2.29. The van der Waals surface area contributed by atoms with Crippen molar-refractivity contribution in [2.45, 2.75) is 33.6 Å². The molecule has 0 bridgehead atoms. The number of ketones is 2. The number of anilines is 1. The zero-order valence-corrected chi connectivity index (χ0v) is 17.3. The van der Waals surface area contributed by atoms with Gasteiger partial charge in [-0.1, -0.05) is 50.2 Å². The fraction of sp³-hybridized carbons (Fsp3) is 0.240. The van der Waals surface area contributed by atoms with Gasteiger partial charge in [0, 0.05) is 29.3 Å². The number of aliphatic hydroxyl groups excluding tert-OH is 1. The molecule has 0 aliphatic heterocycles. The van der Waals surface area contributed by atoms with Crippen molar-refractivity contribution in [3.8, 4) is 0 Å². The zero-order chi connectivity index (χ0) is 21.5. The first-order chi connectivity index (χ1) is 14.2. The summed E-state index contributed by atoms with van der Waals surface area (Å²) in [5.74, 6) is -0.156. The molecule has 5 heteroatoms. The maximum absolute atomic E-state index is 12.8. The van der Waals surface area contributed by atoms with E-state index in [2.05, 4.69) is 24.2 Å². The third kappa shape index (κ3) is 3.71. The highest BCUT2D eigenvalue weighted by Gasteiger charge is 2.31. The van der Waals surface area contributed by atoms with E-state index in [9.17, 15) is 14.7 Å². The monoisotopic (exact) mass is 400 g/mol. The summed E-state index contributed by atoms with van der Waals surface area (Å²) in [5.41, 5.74) is 3.82. The lowest BCUT2D eigenvalue weighted by Crippen LogP contribution is -2.24. The second-order valence-corrected chi connectivity index (χ2v) is 8.59. The van der Waals surface area contributed by atoms with Crippen LogP contribution in [0.3, 0.4) is 0 Å². The molecule has 2 aromatic carbocycles. The quantitative estimate of drug-likeness (QED) is 0.652. The van der Waals surface area contributed by atoms with Gasteiger partial charge < -0.3 is 10.4 Å². The van der Waals surface area contributed by atoms with Crippen LogP contribution in [-0.2, 0) is 4.79 Å². The molecule has 4 rings (SSSR count). The predicted molar refractivity (Wildman–Crippen MR) is 119 cm³/mol. The molecule has 0 radical (unpaired) electrons. The van der Waals surface area contributed by atoms with Crippen LogP contribution in [0.5, 0.6) is 0 Å². The molecule has 2 N–H and O–H groups in total. The van der Waals surface area contributed by atoms with Gasteiger partial charge in [0.05, 0.1) is 22.7 Å². The first-order valence-corrected chi connectivity index (χ1v) is 9.98. The van der Waals surface area contributed by atoms with Crippen molar-refractivity contribution < 1.29 is 14.7 Å². The maximum Gasteiger partial charge on any atom is 0.199 e. The number of nitrogens with zero attached hydrogens (tertiary/aromatic N) is 1. The third-order valence-corrected chi connectivity index (χ3v) is 5.40. The Bertz CT molecular complexity index is 1150. The topological polar surface area (TPSA) is 78.8 Å². The van der Waals surface area contributed by atoms with Crippen molar-refractivity contribution in [2.24, 2.45) is 10.4 Å². The van der Waals surface area contributed by atoms with Crippen LogP contribution >= 0.6 is 0 Å². The Balaban J connectivity index is 1.67. The number of carbonyl (C=O) groups is 2. The molecule has 0 spiro atoms. The second kappa shape index (κ2) is 7.41. The Kier molecular flexibility index (Phi) is 4.90. The number of para-hydroxylation sites is 2. The Morgan fingerprint density at radius 3 is 2.37 bits per heavy atom. The van der Waals surface area contributed by atoms with E-state index in [4.69, 9.17) is 0 Å². The summed E-state index contributed by atoms with van der Waals surface area (Å²) in [6.07, 6.45) is 2.95. The molecule has 2 aliphatic rings. The largest absolute Gasteiger partial charge is 0.506 e. The highest BCUT2D eigenvalue weighted by atomic mass is 16.3. The number of aliphatic imine (C=N–C) groups is 1. The Labute approximate surface area is 175 Å². The number of hydrogen-bond acceptors (Lipinski definition) is 5. The van der Waals surface area contributed by atoms with E-state index in [0.29, 0.717) is 28.9 Å². The average molecular weight is 400 g/mol. The van der Waals surface area contributed by atoms with Crippen molar-refractivity contribution in [1.82, 2.24) is 0 Å². The summed E-state index contributed by atoms with van der Waals surface area (Å²) >= 11 is 0. The Hall–Kier alpha value is -3.47. The number of benzene rings is 2. The lowest BCUT2D eigenvalue weighted by molar-refractivity contribution is -0.117. The van der Waals surface area contributed by atoms with Crippen LogP contribution in [0.2, 0.25) is 0 Å². The van der Waals surface area contributed by atoms with Gasteiger partial charge in [0.15, 0.2) is 11.6 Å². The standard InChI is InChI=1S/C25H24N2O3/c1-15(22-23(29)18-8-4-5-9-19(18)24(22)30)26-20-10-6-7-11-21(20)27-16-12-17(28)14-25(2,3)13-16/h4-12,27,29H,13-14H2,1-3H3. The van der Waals surface area contributed by atoms with E-state index >= 15 is 0 Å². The first kappa shape index (κ1) is 19.8. The van der Waals surface area contributed by atoms with E-state index in [0.717, 1.165) is 17.8 Å². The van der Waals surface area contributed by atoms with Crippen molar-refractivity contribution in [2.75, 3.05) is 5.32 Å². The fourth-order valence-electron chi connectivity index (χ4n) is 4.11. The van der Waals surface area contributed by atoms with Crippen molar-refractivity contribution in [3.63, 3.8) is 0 Å². The molecule has 0 saturated carbocycles. The lowest BCUT2D eigenvalue weighted by atomic mass is 9.79. The van der Waals surface area contributed by atoms with Gasteiger partial charge in [-0.15, -0.1) is 0 Å². The van der Waals surface area contributed by atoms with E-state index in [1.165, 1.54) is 0 Å². The molecule has 2 aliphatic carbocycles. The highest BCUT2D eigenvalue weighted by molar-refractivity contribution is 6.35. The van der Waals surface area contributed by atoms with Crippen LogP contribution in [0.1, 0.15) is 49.5 Å². The number of nitrogens with one attached hydrogen (secondary N) is 1. The minimum Gasteiger partial charge on any atom is -0.506 e. The van der Waals surface area contributed by atoms with E-state index in [1.807, 2.05) is 24.3 Å². The van der Waals surface area contributed by atoms with Crippen LogP contribution in [-0.4, -0.2) is 22.4 Å². The van der Waals surface area contributed by atoms with Crippen LogP contribution in [0.15, 0.2) is 70.9 Å². The van der Waals surface area contributed by atoms with E-state index in [1.54, 1.807) is 37.3 Å². The van der Waals surface area contributed by atoms with Gasteiger partial charge in [-0.25, -0.2) is 0 Å². The zero-order valence-electron chi connectivity index (χ0n) is 17.3. The summed E-state index contributed by atoms with van der Waals surface area (Å²) in [6, 6.07) is 14.5. The molecular weight excluding hydrogens is 376 g/mol. The SMILES string of the molecule is CC(=Nc1ccccc1NC1=CC(=O)CC(C)(C)C1)C1=C(O)c2ccccc2C1=O. The number of rotatable bonds is 4. The van der Waals surface area contributed by atoms with Gasteiger partial charge in [0.2, 0.25) is 0 Å². The third-order valence-electron chi connectivity index (χ3n) is 5.40. The van der Waals surface area contributed by atoms with Gasteiger partial charge in [-0.2, -0.15) is 0 Å². The van der Waals surface area contributed by atoms with Crippen LogP contribution in [0.4, 0.5) is 11.4 Å². The molecule has 30 heavy (non-hydrogen) atoms. The molecule has 0 unspecified atom stereocenters. The van der Waals surface area contributed by atoms with Crippen LogP contribution in [0, 0.1) is 5.41 Å². The number of Topliss-reactive ketones (excluding diaryl/α,β-unsaturated/α-hetero) is 1. The normalized spacial score (nSPS) is 18.4. The molecule has 0 saturated heterocycles. The van der Waals surface area contributed by atoms with E-state index < -0.39 is 0 Å².